The van der Waals surface area contributed by atoms with E-state index in [0.29, 0.717) is 0 Å². The van der Waals surface area contributed by atoms with E-state index in [2.05, 4.69) is 6.92 Å². The molecule has 0 unspecified atom stereocenters. The summed E-state index contributed by atoms with van der Waals surface area (Å²) in [6.45, 7) is 10.5. The highest BCUT2D eigenvalue weighted by Gasteiger charge is 2.40. The van der Waals surface area contributed by atoms with Gasteiger partial charge in [0, 0.05) is 0 Å². The summed E-state index contributed by atoms with van der Waals surface area (Å²) in [4.78, 5) is 0. The maximum atomic E-state index is 2.46. The molecule has 0 saturated heterocycles. The molecule has 2 fully saturated rings. The Bertz CT molecular complexity index is 96.6. The fourth-order valence-electron chi connectivity index (χ4n) is 2.48. The molecule has 2 aliphatic carbocycles. The summed E-state index contributed by atoms with van der Waals surface area (Å²) < 4.78 is 0. The first-order valence-corrected chi connectivity index (χ1v) is 5.79. The minimum atomic E-state index is 0.810. The van der Waals surface area contributed by atoms with Gasteiger partial charge in [0.2, 0.25) is 0 Å². The van der Waals surface area contributed by atoms with E-state index in [4.69, 9.17) is 0 Å². The van der Waals surface area contributed by atoms with Crippen LogP contribution in [0.1, 0.15) is 66.7 Å². The van der Waals surface area contributed by atoms with Crippen molar-refractivity contribution in [3.8, 4) is 0 Å². The Morgan fingerprint density at radius 2 is 1.33 bits per heavy atom. The van der Waals surface area contributed by atoms with Crippen molar-refractivity contribution >= 4 is 0 Å². The third-order valence-electron chi connectivity index (χ3n) is 3.09. The molecular formula is C12H26. The predicted octanol–water partition coefficient (Wildman–Crippen LogP) is 4.64. The van der Waals surface area contributed by atoms with Crippen molar-refractivity contribution in [3.63, 3.8) is 0 Å². The van der Waals surface area contributed by atoms with Crippen LogP contribution in [-0.2, 0) is 0 Å². The van der Waals surface area contributed by atoms with Gasteiger partial charge in [-0.15, -0.1) is 0 Å². The van der Waals surface area contributed by atoms with Crippen LogP contribution in [0.25, 0.3) is 0 Å². The van der Waals surface area contributed by atoms with E-state index in [9.17, 15) is 0 Å². The zero-order valence-electron chi connectivity index (χ0n) is 9.61. The van der Waals surface area contributed by atoms with E-state index in [1.54, 1.807) is 6.42 Å². The van der Waals surface area contributed by atoms with Gasteiger partial charge in [-0.25, -0.2) is 0 Å². The minimum absolute atomic E-state index is 0.810. The van der Waals surface area contributed by atoms with Crippen LogP contribution in [0.3, 0.4) is 0 Å². The van der Waals surface area contributed by atoms with Crippen molar-refractivity contribution in [2.24, 2.45) is 11.3 Å². The number of hydrogen-bond donors (Lipinski definition) is 0. The average molecular weight is 170 g/mol. The molecule has 0 nitrogen and oxygen atoms in total. The van der Waals surface area contributed by atoms with E-state index in [1.807, 2.05) is 27.7 Å². The normalized spacial score (nSPS) is 36.2. The predicted molar refractivity (Wildman–Crippen MR) is 57.4 cm³/mol. The van der Waals surface area contributed by atoms with Crippen LogP contribution < -0.4 is 0 Å². The van der Waals surface area contributed by atoms with E-state index in [0.717, 1.165) is 11.3 Å². The third kappa shape index (κ3) is 2.80. The second-order valence-electron chi connectivity index (χ2n) is 3.96. The van der Waals surface area contributed by atoms with Crippen LogP contribution in [0.4, 0.5) is 0 Å². The van der Waals surface area contributed by atoms with E-state index >= 15 is 0 Å². The summed E-state index contributed by atoms with van der Waals surface area (Å²) in [5.74, 6) is 1.14. The first-order valence-electron chi connectivity index (χ1n) is 5.79. The van der Waals surface area contributed by atoms with Gasteiger partial charge in [-0.1, -0.05) is 34.6 Å². The largest absolute Gasteiger partial charge is 0.0683 e. The summed E-state index contributed by atoms with van der Waals surface area (Å²) in [7, 11) is 0. The zero-order chi connectivity index (χ0) is 9.61. The molecule has 0 aliphatic heterocycles. The van der Waals surface area contributed by atoms with Crippen molar-refractivity contribution in [1.29, 1.82) is 0 Å². The SMILES string of the molecule is CC.CC.CC12CCC(CC1)C2. The summed E-state index contributed by atoms with van der Waals surface area (Å²) in [6.07, 6.45) is 7.68. The average Bonchev–Trinajstić information content (AvgIpc) is 2.69. The fraction of sp³-hybridized carbons (Fsp3) is 1.00. The van der Waals surface area contributed by atoms with Gasteiger partial charge in [0.25, 0.3) is 0 Å². The van der Waals surface area contributed by atoms with Gasteiger partial charge >= 0.3 is 0 Å². The molecule has 0 heterocycles. The molecule has 0 aromatic carbocycles. The highest BCUT2D eigenvalue weighted by atomic mass is 14.5. The monoisotopic (exact) mass is 170 g/mol. The minimum Gasteiger partial charge on any atom is -0.0683 e. The fourth-order valence-corrected chi connectivity index (χ4v) is 2.48. The Labute approximate surface area is 78.8 Å². The van der Waals surface area contributed by atoms with Crippen LogP contribution in [-0.4, -0.2) is 0 Å². The lowest BCUT2D eigenvalue weighted by molar-refractivity contribution is 0.332. The molecule has 74 valence electrons. The number of rotatable bonds is 0. The molecule has 2 saturated carbocycles. The number of fused-ring (bicyclic) bond motifs is 2. The van der Waals surface area contributed by atoms with Gasteiger partial charge in [0.15, 0.2) is 0 Å². The lowest BCUT2D eigenvalue weighted by atomic mass is 9.87. The molecule has 2 bridgehead atoms. The molecule has 0 atom stereocenters. The summed E-state index contributed by atoms with van der Waals surface area (Å²) in [6, 6.07) is 0. The standard InChI is InChI=1S/C8H14.2C2H6/c1-8-4-2-7(6-8)3-5-8;2*1-2/h7H,2-6H2,1H3;2*1-2H3. The zero-order valence-corrected chi connectivity index (χ0v) is 9.61. The summed E-state index contributed by atoms with van der Waals surface area (Å²) >= 11 is 0. The van der Waals surface area contributed by atoms with Gasteiger partial charge in [-0.2, -0.15) is 0 Å². The maximum Gasteiger partial charge on any atom is -0.0323 e. The number of hydrogen-bond acceptors (Lipinski definition) is 0. The van der Waals surface area contributed by atoms with Gasteiger partial charge in [-0.05, 0) is 43.4 Å². The molecule has 12 heavy (non-hydrogen) atoms. The van der Waals surface area contributed by atoms with Crippen molar-refractivity contribution in [1.82, 2.24) is 0 Å². The molecule has 0 spiro atoms. The van der Waals surface area contributed by atoms with Crippen molar-refractivity contribution in [2.45, 2.75) is 66.7 Å². The van der Waals surface area contributed by atoms with Crippen molar-refractivity contribution in [3.05, 3.63) is 0 Å². The Morgan fingerprint density at radius 1 is 0.917 bits per heavy atom. The first-order chi connectivity index (χ1) is 5.79. The quantitative estimate of drug-likeness (QED) is 0.497. The topological polar surface area (TPSA) is 0 Å². The third-order valence-corrected chi connectivity index (χ3v) is 3.09. The molecule has 0 amide bonds. The van der Waals surface area contributed by atoms with Crippen LogP contribution in [0.15, 0.2) is 0 Å². The molecule has 2 rings (SSSR count). The van der Waals surface area contributed by atoms with Gasteiger partial charge in [-0.3, -0.25) is 0 Å². The molecule has 0 radical (unpaired) electrons. The summed E-state index contributed by atoms with van der Waals surface area (Å²) in [5, 5.41) is 0. The Hall–Kier alpha value is 0. The second-order valence-corrected chi connectivity index (χ2v) is 3.96. The molecule has 0 heteroatoms. The van der Waals surface area contributed by atoms with Crippen molar-refractivity contribution < 1.29 is 0 Å². The van der Waals surface area contributed by atoms with Gasteiger partial charge in [0.1, 0.15) is 0 Å². The molecule has 0 aromatic rings. The lowest BCUT2D eigenvalue weighted by Gasteiger charge is -2.18. The van der Waals surface area contributed by atoms with Crippen molar-refractivity contribution in [2.75, 3.05) is 0 Å². The molecular weight excluding hydrogens is 144 g/mol. The highest BCUT2D eigenvalue weighted by molar-refractivity contribution is 4.92. The Kier molecular flexibility index (Phi) is 5.61. The molecule has 2 aliphatic rings. The Morgan fingerprint density at radius 3 is 1.42 bits per heavy atom. The maximum absolute atomic E-state index is 2.46. The van der Waals surface area contributed by atoms with Crippen LogP contribution >= 0.6 is 0 Å². The second kappa shape index (κ2) is 5.61. The molecule has 0 N–H and O–H groups in total. The van der Waals surface area contributed by atoms with Gasteiger partial charge in [0.05, 0.1) is 0 Å². The van der Waals surface area contributed by atoms with Gasteiger partial charge < -0.3 is 0 Å². The van der Waals surface area contributed by atoms with E-state index < -0.39 is 0 Å². The first kappa shape index (κ1) is 12.0. The van der Waals surface area contributed by atoms with Crippen LogP contribution in [0.5, 0.6) is 0 Å². The molecule has 0 aromatic heterocycles. The smallest absolute Gasteiger partial charge is 0.0323 e. The summed E-state index contributed by atoms with van der Waals surface area (Å²) in [5.41, 5.74) is 0.810. The van der Waals surface area contributed by atoms with Crippen LogP contribution in [0, 0.1) is 11.3 Å². The van der Waals surface area contributed by atoms with E-state index in [1.165, 1.54) is 25.7 Å². The van der Waals surface area contributed by atoms with E-state index in [-0.39, 0.29) is 0 Å². The Balaban J connectivity index is 0.000000269. The highest BCUT2D eigenvalue weighted by Crippen LogP contribution is 2.53. The lowest BCUT2D eigenvalue weighted by Crippen LogP contribution is -2.06. The van der Waals surface area contributed by atoms with Crippen LogP contribution in [0.2, 0.25) is 0 Å².